The smallest absolute Gasteiger partial charge is 0.410 e. The van der Waals surface area contributed by atoms with E-state index in [1.165, 1.54) is 10.4 Å². The predicted octanol–water partition coefficient (Wildman–Crippen LogP) is 3.45. The SMILES string of the molecule is O=C1OC(COc2ccccc2)CN1C1CCN(S(=O)(=O)c2ccc(Cl)s2)CC1. The van der Waals surface area contributed by atoms with Gasteiger partial charge in [-0.25, -0.2) is 13.2 Å². The Hall–Kier alpha value is -1.81. The van der Waals surface area contributed by atoms with E-state index in [-0.39, 0.29) is 22.4 Å². The van der Waals surface area contributed by atoms with Crippen LogP contribution in [0.5, 0.6) is 5.75 Å². The van der Waals surface area contributed by atoms with E-state index in [1.54, 1.807) is 11.0 Å². The summed E-state index contributed by atoms with van der Waals surface area (Å²) in [6, 6.07) is 12.5. The summed E-state index contributed by atoms with van der Waals surface area (Å²) in [5, 5.41) is 0. The van der Waals surface area contributed by atoms with Crippen molar-refractivity contribution in [3.8, 4) is 5.75 Å². The number of nitrogens with zero attached hydrogens (tertiary/aromatic N) is 2. The molecule has 2 fully saturated rings. The molecule has 0 aliphatic carbocycles. The number of amides is 1. The third kappa shape index (κ3) is 4.53. The highest BCUT2D eigenvalue weighted by molar-refractivity contribution is 7.91. The molecule has 0 N–H and O–H groups in total. The molecule has 4 rings (SSSR count). The van der Waals surface area contributed by atoms with Crippen LogP contribution < -0.4 is 4.74 Å². The Kier molecular flexibility index (Phi) is 6.00. The summed E-state index contributed by atoms with van der Waals surface area (Å²) in [4.78, 5) is 14.0. The molecule has 0 saturated carbocycles. The Morgan fingerprint density at radius 1 is 1.14 bits per heavy atom. The van der Waals surface area contributed by atoms with Crippen LogP contribution in [-0.4, -0.2) is 62.1 Å². The zero-order valence-corrected chi connectivity index (χ0v) is 18.0. The van der Waals surface area contributed by atoms with Gasteiger partial charge in [0.25, 0.3) is 10.0 Å². The highest BCUT2D eigenvalue weighted by atomic mass is 35.5. The van der Waals surface area contributed by atoms with E-state index in [2.05, 4.69) is 0 Å². The first-order valence-electron chi connectivity index (χ1n) is 9.34. The van der Waals surface area contributed by atoms with Gasteiger partial charge in [-0.2, -0.15) is 4.31 Å². The van der Waals surface area contributed by atoms with Gasteiger partial charge in [-0.15, -0.1) is 11.3 Å². The van der Waals surface area contributed by atoms with Gasteiger partial charge in [-0.3, -0.25) is 0 Å². The number of hydrogen-bond acceptors (Lipinski definition) is 6. The second-order valence-electron chi connectivity index (χ2n) is 6.98. The molecular weight excluding hydrogens is 436 g/mol. The fourth-order valence-corrected chi connectivity index (χ4v) is 6.70. The summed E-state index contributed by atoms with van der Waals surface area (Å²) >= 11 is 6.93. The minimum atomic E-state index is -3.54. The number of rotatable bonds is 6. The maximum Gasteiger partial charge on any atom is 0.410 e. The van der Waals surface area contributed by atoms with Gasteiger partial charge in [0.2, 0.25) is 0 Å². The average molecular weight is 457 g/mol. The molecule has 1 aromatic carbocycles. The Bertz CT molecular complexity index is 958. The van der Waals surface area contributed by atoms with Crippen LogP contribution in [0.1, 0.15) is 12.8 Å². The lowest BCUT2D eigenvalue weighted by molar-refractivity contribution is 0.0999. The van der Waals surface area contributed by atoms with Crippen molar-refractivity contribution in [2.75, 3.05) is 26.2 Å². The lowest BCUT2D eigenvalue weighted by Gasteiger charge is -2.34. The van der Waals surface area contributed by atoms with Gasteiger partial charge in [0.15, 0.2) is 6.10 Å². The molecule has 10 heteroatoms. The van der Waals surface area contributed by atoms with Crippen LogP contribution in [0.4, 0.5) is 4.79 Å². The zero-order chi connectivity index (χ0) is 20.4. The van der Waals surface area contributed by atoms with Crippen LogP contribution in [0, 0.1) is 0 Å². The number of benzene rings is 1. The highest BCUT2D eigenvalue weighted by Crippen LogP contribution is 2.31. The molecule has 2 aromatic rings. The molecule has 2 aliphatic rings. The van der Waals surface area contributed by atoms with Crippen LogP contribution >= 0.6 is 22.9 Å². The largest absolute Gasteiger partial charge is 0.490 e. The number of cyclic esters (lactones) is 1. The third-order valence-corrected chi connectivity index (χ3v) is 8.69. The molecule has 29 heavy (non-hydrogen) atoms. The van der Waals surface area contributed by atoms with Gasteiger partial charge in [-0.1, -0.05) is 29.8 Å². The molecule has 0 bridgehead atoms. The highest BCUT2D eigenvalue weighted by Gasteiger charge is 2.39. The van der Waals surface area contributed by atoms with E-state index in [4.69, 9.17) is 21.1 Å². The van der Waals surface area contributed by atoms with Crippen molar-refractivity contribution < 1.29 is 22.7 Å². The van der Waals surface area contributed by atoms with E-state index >= 15 is 0 Å². The molecule has 3 heterocycles. The van der Waals surface area contributed by atoms with Crippen LogP contribution in [0.25, 0.3) is 0 Å². The number of carbonyl (C=O) groups excluding carboxylic acids is 1. The topological polar surface area (TPSA) is 76.2 Å². The molecule has 2 aliphatic heterocycles. The van der Waals surface area contributed by atoms with E-state index in [0.717, 1.165) is 17.1 Å². The van der Waals surface area contributed by atoms with Crippen molar-refractivity contribution in [1.29, 1.82) is 0 Å². The molecule has 1 amide bonds. The van der Waals surface area contributed by atoms with Gasteiger partial charge in [-0.05, 0) is 37.1 Å². The summed E-state index contributed by atoms with van der Waals surface area (Å²) in [7, 11) is -3.54. The number of para-hydroxylation sites is 1. The maximum absolute atomic E-state index is 12.7. The van der Waals surface area contributed by atoms with Crippen LogP contribution in [-0.2, 0) is 14.8 Å². The normalized spacial score (nSPS) is 21.3. The number of ether oxygens (including phenoxy) is 2. The Morgan fingerprint density at radius 2 is 1.86 bits per heavy atom. The maximum atomic E-state index is 12.7. The molecule has 7 nitrogen and oxygen atoms in total. The van der Waals surface area contributed by atoms with Crippen molar-refractivity contribution in [1.82, 2.24) is 9.21 Å². The Morgan fingerprint density at radius 3 is 2.52 bits per heavy atom. The second-order valence-corrected chi connectivity index (χ2v) is 10.9. The van der Waals surface area contributed by atoms with Gasteiger partial charge in [0.1, 0.15) is 16.6 Å². The monoisotopic (exact) mass is 456 g/mol. The van der Waals surface area contributed by atoms with Crippen molar-refractivity contribution >= 4 is 39.1 Å². The fourth-order valence-electron chi connectivity index (χ4n) is 3.59. The summed E-state index contributed by atoms with van der Waals surface area (Å²) in [5.74, 6) is 0.731. The first-order chi connectivity index (χ1) is 13.9. The number of halogens is 1. The Labute approximate surface area is 178 Å². The van der Waals surface area contributed by atoms with Crippen LogP contribution in [0.2, 0.25) is 4.34 Å². The van der Waals surface area contributed by atoms with Gasteiger partial charge in [0.05, 0.1) is 10.9 Å². The van der Waals surface area contributed by atoms with E-state index in [9.17, 15) is 13.2 Å². The fraction of sp³-hybridized carbons (Fsp3) is 0.421. The number of carbonyl (C=O) groups is 1. The average Bonchev–Trinajstić information content (AvgIpc) is 3.33. The third-order valence-electron chi connectivity index (χ3n) is 5.09. The minimum absolute atomic E-state index is 0.0393. The quantitative estimate of drug-likeness (QED) is 0.665. The molecule has 1 aromatic heterocycles. The second kappa shape index (κ2) is 8.51. The molecule has 1 atom stereocenters. The standard InChI is InChI=1S/C19H21ClN2O5S2/c20-17-6-7-18(28-17)29(24,25)21-10-8-14(9-11-21)22-12-16(27-19(22)23)13-26-15-4-2-1-3-5-15/h1-7,14,16H,8-13H2. The van der Waals surface area contributed by atoms with Crippen molar-refractivity contribution in [2.24, 2.45) is 0 Å². The zero-order valence-electron chi connectivity index (χ0n) is 15.6. The van der Waals surface area contributed by atoms with Crippen molar-refractivity contribution in [3.63, 3.8) is 0 Å². The van der Waals surface area contributed by atoms with Gasteiger partial charge in [0, 0.05) is 19.1 Å². The summed E-state index contributed by atoms with van der Waals surface area (Å²) in [5.41, 5.74) is 0. The predicted molar refractivity (Wildman–Crippen MR) is 110 cm³/mol. The Balaban J connectivity index is 1.31. The summed E-state index contributed by atoms with van der Waals surface area (Å²) in [6.07, 6.45) is 0.440. The molecular formula is C19H21ClN2O5S2. The number of sulfonamides is 1. The molecule has 1 unspecified atom stereocenters. The lowest BCUT2D eigenvalue weighted by atomic mass is 10.1. The number of piperidine rings is 1. The first kappa shape index (κ1) is 20.5. The van der Waals surface area contributed by atoms with Crippen LogP contribution in [0.3, 0.4) is 0 Å². The summed E-state index contributed by atoms with van der Waals surface area (Å²) < 4.78 is 38.7. The molecule has 156 valence electrons. The molecule has 0 spiro atoms. The number of thiophene rings is 1. The minimum Gasteiger partial charge on any atom is -0.490 e. The lowest BCUT2D eigenvalue weighted by Crippen LogP contribution is -2.47. The number of hydrogen-bond donors (Lipinski definition) is 0. The van der Waals surface area contributed by atoms with E-state index in [1.807, 2.05) is 30.3 Å². The van der Waals surface area contributed by atoms with Crippen molar-refractivity contribution in [2.45, 2.75) is 29.2 Å². The first-order valence-corrected chi connectivity index (χ1v) is 12.0. The van der Waals surface area contributed by atoms with E-state index < -0.39 is 10.0 Å². The molecule has 2 saturated heterocycles. The van der Waals surface area contributed by atoms with Crippen LogP contribution in [0.15, 0.2) is 46.7 Å². The molecule has 0 radical (unpaired) electrons. The van der Waals surface area contributed by atoms with Crippen molar-refractivity contribution in [3.05, 3.63) is 46.8 Å². The summed E-state index contributed by atoms with van der Waals surface area (Å²) in [6.45, 7) is 1.46. The van der Waals surface area contributed by atoms with Gasteiger partial charge < -0.3 is 14.4 Å². The van der Waals surface area contributed by atoms with Gasteiger partial charge >= 0.3 is 6.09 Å². The van der Waals surface area contributed by atoms with E-state index in [0.29, 0.717) is 43.4 Å².